The number of allylic oxidation sites excluding steroid dienone is 2. The summed E-state index contributed by atoms with van der Waals surface area (Å²) >= 11 is 0. The lowest BCUT2D eigenvalue weighted by atomic mass is 9.77. The molecule has 5 heteroatoms. The number of carbonyl (C=O) groups is 3. The quantitative estimate of drug-likeness (QED) is 0.541. The first-order valence-corrected chi connectivity index (χ1v) is 5.93. The summed E-state index contributed by atoms with van der Waals surface area (Å²) in [6.07, 6.45) is 4.81. The molecule has 0 radical (unpaired) electrons. The van der Waals surface area contributed by atoms with Gasteiger partial charge in [-0.2, -0.15) is 0 Å². The summed E-state index contributed by atoms with van der Waals surface area (Å²) < 4.78 is 0. The topological polar surface area (TPSA) is 57.7 Å². The molecule has 0 aromatic rings. The molecule has 1 aliphatic rings. The van der Waals surface area contributed by atoms with Gasteiger partial charge >= 0.3 is 6.03 Å². The van der Waals surface area contributed by atoms with Crippen molar-refractivity contribution in [2.24, 2.45) is 5.41 Å². The van der Waals surface area contributed by atoms with Gasteiger partial charge in [0.1, 0.15) is 5.41 Å². The van der Waals surface area contributed by atoms with Gasteiger partial charge in [0.2, 0.25) is 11.8 Å². The average Bonchev–Trinajstić information content (AvgIpc) is 2.40. The zero-order valence-electron chi connectivity index (χ0n) is 11.1. The van der Waals surface area contributed by atoms with E-state index < -0.39 is 23.3 Å². The monoisotopic (exact) mass is 262 g/mol. The fourth-order valence-corrected chi connectivity index (χ4v) is 2.24. The van der Waals surface area contributed by atoms with Gasteiger partial charge in [0.05, 0.1) is 0 Å². The number of imide groups is 2. The molecule has 5 nitrogen and oxygen atoms in total. The van der Waals surface area contributed by atoms with Crippen molar-refractivity contribution in [1.82, 2.24) is 9.80 Å². The van der Waals surface area contributed by atoms with Crippen LogP contribution in [0.4, 0.5) is 4.79 Å². The third-order valence-corrected chi connectivity index (χ3v) is 3.18. The van der Waals surface area contributed by atoms with Crippen LogP contribution in [0.15, 0.2) is 38.0 Å². The highest BCUT2D eigenvalue weighted by Gasteiger charge is 2.54. The third-order valence-electron chi connectivity index (χ3n) is 3.18. The van der Waals surface area contributed by atoms with Crippen LogP contribution in [0, 0.1) is 5.41 Å². The molecule has 19 heavy (non-hydrogen) atoms. The Labute approximate surface area is 112 Å². The van der Waals surface area contributed by atoms with Crippen molar-refractivity contribution in [3.05, 3.63) is 38.0 Å². The Bertz CT molecular complexity index is 444. The van der Waals surface area contributed by atoms with E-state index in [9.17, 15) is 14.4 Å². The number of hydrogen-bond acceptors (Lipinski definition) is 3. The van der Waals surface area contributed by atoms with Crippen LogP contribution in [0.2, 0.25) is 0 Å². The Hall–Kier alpha value is -2.17. The van der Waals surface area contributed by atoms with Crippen LogP contribution < -0.4 is 0 Å². The smallest absolute Gasteiger partial charge is 0.273 e. The molecule has 1 heterocycles. The van der Waals surface area contributed by atoms with Gasteiger partial charge in [0.25, 0.3) is 0 Å². The zero-order valence-corrected chi connectivity index (χ0v) is 11.1. The van der Waals surface area contributed by atoms with Gasteiger partial charge < -0.3 is 0 Å². The summed E-state index contributed by atoms with van der Waals surface area (Å²) in [5, 5.41) is 0. The van der Waals surface area contributed by atoms with E-state index >= 15 is 0 Å². The van der Waals surface area contributed by atoms with Crippen molar-refractivity contribution in [1.29, 1.82) is 0 Å². The minimum absolute atomic E-state index is 0.0747. The van der Waals surface area contributed by atoms with Crippen molar-refractivity contribution in [2.75, 3.05) is 13.6 Å². The predicted octanol–water partition coefficient (Wildman–Crippen LogP) is 1.73. The van der Waals surface area contributed by atoms with Gasteiger partial charge in [-0.3, -0.25) is 19.4 Å². The Kier molecular flexibility index (Phi) is 4.43. The lowest BCUT2D eigenvalue weighted by molar-refractivity contribution is -0.157. The van der Waals surface area contributed by atoms with Gasteiger partial charge in [0, 0.05) is 13.6 Å². The molecular formula is C14H18N2O3. The summed E-state index contributed by atoms with van der Waals surface area (Å²) in [6.45, 7) is 10.8. The summed E-state index contributed by atoms with van der Waals surface area (Å²) in [7, 11) is 1.37. The molecule has 0 aliphatic carbocycles. The van der Waals surface area contributed by atoms with Crippen molar-refractivity contribution >= 4 is 17.8 Å². The van der Waals surface area contributed by atoms with E-state index in [1.807, 2.05) is 0 Å². The molecule has 4 amide bonds. The van der Waals surface area contributed by atoms with Crippen molar-refractivity contribution in [3.8, 4) is 0 Å². The minimum Gasteiger partial charge on any atom is -0.273 e. The first-order chi connectivity index (χ1) is 8.96. The minimum atomic E-state index is -1.31. The number of hydrogen-bond donors (Lipinski definition) is 0. The molecule has 0 N–H and O–H groups in total. The molecule has 102 valence electrons. The first kappa shape index (κ1) is 14.9. The maximum atomic E-state index is 12.5. The Balaban J connectivity index is 3.33. The highest BCUT2D eigenvalue weighted by molar-refractivity contribution is 6.19. The van der Waals surface area contributed by atoms with E-state index in [0.29, 0.717) is 0 Å². The summed E-state index contributed by atoms with van der Waals surface area (Å²) in [5.41, 5.74) is -1.31. The average molecular weight is 262 g/mol. The van der Waals surface area contributed by atoms with Crippen LogP contribution in [0.3, 0.4) is 0 Å². The Morgan fingerprint density at radius 3 is 1.95 bits per heavy atom. The molecule has 1 fully saturated rings. The van der Waals surface area contributed by atoms with Crippen LogP contribution in [0.1, 0.15) is 12.8 Å². The highest BCUT2D eigenvalue weighted by atomic mass is 16.2. The standard InChI is InChI=1S/C14H18N2O3/c1-5-8-14(9-6-2)11(17)15(4)13(19)16(10-7-3)12(14)18/h5-7H,1-3,8-10H2,4H3. The third kappa shape index (κ3) is 2.23. The first-order valence-electron chi connectivity index (χ1n) is 5.93. The number of urea groups is 1. The van der Waals surface area contributed by atoms with Gasteiger partial charge in [-0.25, -0.2) is 4.79 Å². The fourth-order valence-electron chi connectivity index (χ4n) is 2.24. The second-order valence-corrected chi connectivity index (χ2v) is 4.42. The second kappa shape index (κ2) is 5.65. The van der Waals surface area contributed by atoms with Crippen LogP contribution in [-0.4, -0.2) is 41.2 Å². The molecule has 1 saturated heterocycles. The molecule has 0 saturated carbocycles. The lowest BCUT2D eigenvalue weighted by Gasteiger charge is -2.41. The largest absolute Gasteiger partial charge is 0.333 e. The molecule has 0 spiro atoms. The number of amides is 4. The van der Waals surface area contributed by atoms with Gasteiger partial charge in [-0.1, -0.05) is 18.2 Å². The fraction of sp³-hybridized carbons (Fsp3) is 0.357. The molecular weight excluding hydrogens is 244 g/mol. The predicted molar refractivity (Wildman–Crippen MR) is 72.1 cm³/mol. The molecule has 1 rings (SSSR count). The molecule has 0 atom stereocenters. The van der Waals surface area contributed by atoms with Gasteiger partial charge in [-0.05, 0) is 12.8 Å². The highest BCUT2D eigenvalue weighted by Crippen LogP contribution is 2.36. The zero-order chi connectivity index (χ0) is 14.6. The Morgan fingerprint density at radius 1 is 1.00 bits per heavy atom. The number of nitrogens with zero attached hydrogens (tertiary/aromatic N) is 2. The number of rotatable bonds is 6. The van der Waals surface area contributed by atoms with Crippen molar-refractivity contribution in [2.45, 2.75) is 12.8 Å². The van der Waals surface area contributed by atoms with Gasteiger partial charge in [-0.15, -0.1) is 19.7 Å². The maximum absolute atomic E-state index is 12.5. The van der Waals surface area contributed by atoms with E-state index in [1.165, 1.54) is 25.3 Å². The van der Waals surface area contributed by atoms with E-state index in [0.717, 1.165) is 9.80 Å². The second-order valence-electron chi connectivity index (χ2n) is 4.42. The Morgan fingerprint density at radius 2 is 1.53 bits per heavy atom. The van der Waals surface area contributed by atoms with Crippen LogP contribution in [-0.2, 0) is 9.59 Å². The molecule has 0 aromatic carbocycles. The molecule has 0 bridgehead atoms. The summed E-state index contributed by atoms with van der Waals surface area (Å²) in [4.78, 5) is 38.8. The van der Waals surface area contributed by atoms with E-state index in [-0.39, 0.29) is 19.4 Å². The SMILES string of the molecule is C=CCN1C(=O)N(C)C(=O)C(CC=C)(CC=C)C1=O. The van der Waals surface area contributed by atoms with E-state index in [1.54, 1.807) is 0 Å². The lowest BCUT2D eigenvalue weighted by Crippen LogP contribution is -2.63. The normalized spacial score (nSPS) is 18.5. The van der Waals surface area contributed by atoms with Crippen LogP contribution in [0.5, 0.6) is 0 Å². The van der Waals surface area contributed by atoms with Crippen LogP contribution >= 0.6 is 0 Å². The van der Waals surface area contributed by atoms with E-state index in [4.69, 9.17) is 0 Å². The molecule has 0 aromatic heterocycles. The van der Waals surface area contributed by atoms with Gasteiger partial charge in [0.15, 0.2) is 0 Å². The van der Waals surface area contributed by atoms with Crippen LogP contribution in [0.25, 0.3) is 0 Å². The molecule has 0 unspecified atom stereocenters. The van der Waals surface area contributed by atoms with E-state index in [2.05, 4.69) is 19.7 Å². The number of carbonyl (C=O) groups excluding carboxylic acids is 3. The maximum Gasteiger partial charge on any atom is 0.333 e. The molecule has 1 aliphatic heterocycles. The summed E-state index contributed by atoms with van der Waals surface area (Å²) in [6, 6.07) is -0.626. The van der Waals surface area contributed by atoms with Crippen molar-refractivity contribution in [3.63, 3.8) is 0 Å². The van der Waals surface area contributed by atoms with Crippen molar-refractivity contribution < 1.29 is 14.4 Å². The number of barbiturate groups is 1. The summed E-state index contributed by atoms with van der Waals surface area (Å²) in [5.74, 6) is -1.03.